The van der Waals surface area contributed by atoms with Gasteiger partial charge in [-0.2, -0.15) is 0 Å². The van der Waals surface area contributed by atoms with E-state index in [9.17, 15) is 46.0 Å². The molecule has 0 radical (unpaired) electrons. The lowest BCUT2D eigenvalue weighted by Crippen LogP contribution is -2.59. The van der Waals surface area contributed by atoms with Gasteiger partial charge in [0.25, 0.3) is 0 Å². The van der Waals surface area contributed by atoms with E-state index in [0.717, 1.165) is 0 Å². The number of aliphatic hydroxyl groups excluding tert-OH is 11. The number of hydrogen-bond acceptors (Lipinski definition) is 15. The molecule has 2 saturated heterocycles. The molecule has 13 atom stereocenters. The number of ether oxygens (including phenoxy) is 4. The van der Waals surface area contributed by atoms with Crippen LogP contribution in [0.4, 0.5) is 0 Å². The molecule has 32 heavy (non-hydrogen) atoms. The van der Waals surface area contributed by atoms with Crippen molar-refractivity contribution < 1.29 is 75.1 Å². The highest BCUT2D eigenvalue weighted by Crippen LogP contribution is 2.27. The van der Waals surface area contributed by atoms with E-state index in [4.69, 9.17) is 29.2 Å². The summed E-state index contributed by atoms with van der Waals surface area (Å²) in [6.07, 6.45) is -20.8. The Balaban J connectivity index is 1.86. The summed E-state index contributed by atoms with van der Waals surface area (Å²) in [5.74, 6) is 0. The molecule has 2 heterocycles. The number of rotatable bonds is 11. The summed E-state index contributed by atoms with van der Waals surface area (Å²) in [5, 5.41) is 106. The molecular weight excluding hydrogens is 444 g/mol. The van der Waals surface area contributed by atoms with E-state index < -0.39 is 106 Å². The van der Waals surface area contributed by atoms with E-state index in [2.05, 4.69) is 0 Å². The van der Waals surface area contributed by atoms with Crippen LogP contribution in [0, 0.1) is 0 Å². The summed E-state index contributed by atoms with van der Waals surface area (Å²) in [7, 11) is 0. The Morgan fingerprint density at radius 3 is 1.81 bits per heavy atom. The summed E-state index contributed by atoms with van der Waals surface area (Å²) in [5.41, 5.74) is 0. The fraction of sp³-hybridized carbons (Fsp3) is 1.00. The van der Waals surface area contributed by atoms with Crippen LogP contribution < -0.4 is 0 Å². The lowest BCUT2D eigenvalue weighted by molar-refractivity contribution is -0.307. The maximum absolute atomic E-state index is 10.3. The van der Waals surface area contributed by atoms with Crippen molar-refractivity contribution in [3.05, 3.63) is 0 Å². The first-order valence-corrected chi connectivity index (χ1v) is 9.91. The number of hydrogen-bond donors (Lipinski definition) is 11. The molecule has 15 nitrogen and oxygen atoms in total. The maximum Gasteiger partial charge on any atom is 0.186 e. The molecule has 15 heteroatoms. The van der Waals surface area contributed by atoms with Crippen LogP contribution in [-0.4, -0.2) is 162 Å². The third kappa shape index (κ3) is 6.29. The van der Waals surface area contributed by atoms with Crippen LogP contribution in [-0.2, 0) is 18.9 Å². The first kappa shape index (κ1) is 27.6. The van der Waals surface area contributed by atoms with Crippen LogP contribution in [0.3, 0.4) is 0 Å². The predicted octanol–water partition coefficient (Wildman–Crippen LogP) is -7.30. The highest BCUT2D eigenvalue weighted by Gasteiger charge is 2.48. The molecule has 2 aliphatic rings. The number of aliphatic hydroxyl groups is 11. The summed E-state index contributed by atoms with van der Waals surface area (Å²) < 4.78 is 20.6. The first-order chi connectivity index (χ1) is 15.0. The molecule has 0 unspecified atom stereocenters. The summed E-state index contributed by atoms with van der Waals surface area (Å²) in [4.78, 5) is 0. The third-order valence-corrected chi connectivity index (χ3v) is 5.32. The summed E-state index contributed by atoms with van der Waals surface area (Å²) >= 11 is 0. The Morgan fingerprint density at radius 1 is 0.656 bits per heavy atom. The minimum Gasteiger partial charge on any atom is -0.394 e. The molecule has 0 aliphatic carbocycles. The smallest absolute Gasteiger partial charge is 0.186 e. The molecule has 0 bridgehead atoms. The normalized spacial score (nSPS) is 41.9. The van der Waals surface area contributed by atoms with Gasteiger partial charge in [-0.1, -0.05) is 0 Å². The largest absolute Gasteiger partial charge is 0.394 e. The van der Waals surface area contributed by atoms with Gasteiger partial charge >= 0.3 is 0 Å². The molecule has 0 saturated carbocycles. The van der Waals surface area contributed by atoms with Crippen molar-refractivity contribution in [2.75, 3.05) is 26.4 Å². The third-order valence-electron chi connectivity index (χ3n) is 5.32. The quantitative estimate of drug-likeness (QED) is 0.132. The predicted molar refractivity (Wildman–Crippen MR) is 97.5 cm³/mol. The van der Waals surface area contributed by atoms with Gasteiger partial charge in [0.15, 0.2) is 12.6 Å². The SMILES string of the molecule is OC[C@@H](O)[C@@H](O)[C@@H](O)CO[C@@H]1O[C@@H]([C@H](O)CO[C@@H]2O[C@H](CO)[C@@H](O)[C@H](O)[C@H]2O)[C@H](O)[C@H]1O. The molecule has 2 aliphatic heterocycles. The molecule has 11 N–H and O–H groups in total. The Labute approximate surface area is 182 Å². The molecule has 190 valence electrons. The van der Waals surface area contributed by atoms with Gasteiger partial charge in [-0.25, -0.2) is 0 Å². The lowest BCUT2D eigenvalue weighted by Gasteiger charge is -2.40. The van der Waals surface area contributed by atoms with E-state index in [1.165, 1.54) is 0 Å². The topological polar surface area (TPSA) is 259 Å². The Hall–Kier alpha value is -0.600. The minimum absolute atomic E-state index is 0.631. The van der Waals surface area contributed by atoms with Gasteiger partial charge in [-0.15, -0.1) is 0 Å². The highest BCUT2D eigenvalue weighted by atomic mass is 16.7. The van der Waals surface area contributed by atoms with Crippen molar-refractivity contribution in [3.8, 4) is 0 Å². The second kappa shape index (κ2) is 12.2. The van der Waals surface area contributed by atoms with Crippen molar-refractivity contribution in [2.45, 2.75) is 79.7 Å². The van der Waals surface area contributed by atoms with Gasteiger partial charge < -0.3 is 75.1 Å². The first-order valence-electron chi connectivity index (χ1n) is 9.91. The monoisotopic (exact) mass is 476 g/mol. The average Bonchev–Trinajstić information content (AvgIpc) is 3.07. The van der Waals surface area contributed by atoms with Crippen LogP contribution in [0.2, 0.25) is 0 Å². The van der Waals surface area contributed by atoms with Gasteiger partial charge in [0, 0.05) is 0 Å². The van der Waals surface area contributed by atoms with Crippen LogP contribution in [0.15, 0.2) is 0 Å². The van der Waals surface area contributed by atoms with Crippen molar-refractivity contribution in [1.82, 2.24) is 0 Å². The molecule has 0 spiro atoms. The van der Waals surface area contributed by atoms with E-state index in [1.807, 2.05) is 0 Å². The van der Waals surface area contributed by atoms with Gasteiger partial charge in [0.1, 0.15) is 67.1 Å². The molecule has 0 aromatic carbocycles. The molecule has 0 aromatic rings. The minimum atomic E-state index is -1.75. The molecule has 2 rings (SSSR count). The fourth-order valence-electron chi connectivity index (χ4n) is 3.28. The molecule has 2 fully saturated rings. The summed E-state index contributed by atoms with van der Waals surface area (Å²) in [6.45, 7) is -2.79. The average molecular weight is 476 g/mol. The lowest BCUT2D eigenvalue weighted by atomic mass is 9.99. The molecular formula is C17H32O15. The standard InChI is InChI=1S/C17H32O15/c18-1-5(20)9(23)6(21)3-29-17-14(28)12(26)15(32-17)7(22)4-30-16-13(27)11(25)10(24)8(2-19)31-16/h5-28H,1-4H2/t5-,6+,7-,8-,9-,10-,11+,12-,13-,14-,15+,16-,17-/m1/s1. The fourth-order valence-corrected chi connectivity index (χ4v) is 3.28. The van der Waals surface area contributed by atoms with E-state index in [-0.39, 0.29) is 0 Å². The van der Waals surface area contributed by atoms with Gasteiger partial charge in [0.2, 0.25) is 0 Å². The van der Waals surface area contributed by atoms with Crippen LogP contribution in [0.1, 0.15) is 0 Å². The van der Waals surface area contributed by atoms with Crippen LogP contribution in [0.25, 0.3) is 0 Å². The second-order valence-electron chi connectivity index (χ2n) is 7.69. The zero-order chi connectivity index (χ0) is 24.2. The van der Waals surface area contributed by atoms with Crippen molar-refractivity contribution in [1.29, 1.82) is 0 Å². The van der Waals surface area contributed by atoms with Crippen molar-refractivity contribution >= 4 is 0 Å². The molecule has 0 amide bonds. The highest BCUT2D eigenvalue weighted by molar-refractivity contribution is 4.92. The maximum atomic E-state index is 10.3. The molecule has 0 aromatic heterocycles. The summed E-state index contributed by atoms with van der Waals surface area (Å²) in [6, 6.07) is 0. The van der Waals surface area contributed by atoms with Crippen LogP contribution in [0.5, 0.6) is 0 Å². The Bertz CT molecular complexity index is 552. The van der Waals surface area contributed by atoms with Gasteiger partial charge in [-0.3, -0.25) is 0 Å². The zero-order valence-electron chi connectivity index (χ0n) is 16.9. The zero-order valence-corrected chi connectivity index (χ0v) is 16.9. The van der Waals surface area contributed by atoms with Gasteiger partial charge in [0.05, 0.1) is 26.4 Å². The van der Waals surface area contributed by atoms with E-state index in [0.29, 0.717) is 0 Å². The van der Waals surface area contributed by atoms with E-state index >= 15 is 0 Å². The van der Waals surface area contributed by atoms with Gasteiger partial charge in [-0.05, 0) is 0 Å². The Kier molecular flexibility index (Phi) is 10.5. The van der Waals surface area contributed by atoms with E-state index in [1.54, 1.807) is 0 Å². The Morgan fingerprint density at radius 2 is 1.22 bits per heavy atom. The second-order valence-corrected chi connectivity index (χ2v) is 7.69. The van der Waals surface area contributed by atoms with Crippen molar-refractivity contribution in [2.24, 2.45) is 0 Å². The van der Waals surface area contributed by atoms with Crippen molar-refractivity contribution in [3.63, 3.8) is 0 Å². The van der Waals surface area contributed by atoms with Crippen LogP contribution >= 0.6 is 0 Å².